The minimum Gasteiger partial charge on any atom is -0.368 e. The van der Waals surface area contributed by atoms with E-state index < -0.39 is 17.8 Å². The smallest absolute Gasteiger partial charge is 0.244 e. The maximum absolute atomic E-state index is 14.0. The van der Waals surface area contributed by atoms with E-state index in [0.29, 0.717) is 6.42 Å². The highest BCUT2D eigenvalue weighted by atomic mass is 19.1. The van der Waals surface area contributed by atoms with Gasteiger partial charge in [0.1, 0.15) is 11.9 Å². The zero-order chi connectivity index (χ0) is 17.1. The summed E-state index contributed by atoms with van der Waals surface area (Å²) in [4.78, 5) is 24.5. The molecule has 5 heteroatoms. The van der Waals surface area contributed by atoms with Crippen molar-refractivity contribution >= 4 is 11.8 Å². The molecule has 2 atom stereocenters. The third kappa shape index (κ3) is 3.15. The highest BCUT2D eigenvalue weighted by molar-refractivity contribution is 5.91. The van der Waals surface area contributed by atoms with Crippen LogP contribution in [0.25, 0.3) is 0 Å². The topological polar surface area (TPSA) is 72.2 Å². The fourth-order valence-electron chi connectivity index (χ4n) is 3.28. The van der Waals surface area contributed by atoms with Gasteiger partial charge in [-0.25, -0.2) is 4.39 Å². The number of nitrogens with one attached hydrogen (secondary N) is 1. The fraction of sp³-hybridized carbons (Fsp3) is 0.263. The Balaban J connectivity index is 1.86. The zero-order valence-electron chi connectivity index (χ0n) is 13.2. The molecule has 24 heavy (non-hydrogen) atoms. The molecule has 0 radical (unpaired) electrons. The minimum atomic E-state index is -1.17. The van der Waals surface area contributed by atoms with E-state index in [2.05, 4.69) is 5.32 Å². The van der Waals surface area contributed by atoms with Crippen molar-refractivity contribution in [2.75, 3.05) is 0 Å². The Bertz CT molecular complexity index is 775. The molecule has 1 aliphatic rings. The third-order valence-corrected chi connectivity index (χ3v) is 4.47. The van der Waals surface area contributed by atoms with Crippen LogP contribution in [0.1, 0.15) is 41.5 Å². The molecule has 0 heterocycles. The van der Waals surface area contributed by atoms with E-state index in [1.54, 1.807) is 6.07 Å². The predicted octanol–water partition coefficient (Wildman–Crippen LogP) is 2.59. The first kappa shape index (κ1) is 16.2. The van der Waals surface area contributed by atoms with Crippen molar-refractivity contribution in [2.24, 2.45) is 5.73 Å². The van der Waals surface area contributed by atoms with Gasteiger partial charge < -0.3 is 11.1 Å². The summed E-state index contributed by atoms with van der Waals surface area (Å²) in [6, 6.07) is 12.4. The summed E-state index contributed by atoms with van der Waals surface area (Å²) in [5.41, 5.74) is 7.59. The molecule has 2 aromatic carbocycles. The Morgan fingerprint density at radius 1 is 1.12 bits per heavy atom. The second kappa shape index (κ2) is 6.83. The van der Waals surface area contributed by atoms with Gasteiger partial charge in [-0.05, 0) is 36.5 Å². The van der Waals surface area contributed by atoms with Crippen LogP contribution in [0.15, 0.2) is 48.5 Å². The minimum absolute atomic E-state index is 0.0856. The van der Waals surface area contributed by atoms with Crippen LogP contribution in [0, 0.1) is 5.82 Å². The molecule has 3 rings (SSSR count). The van der Waals surface area contributed by atoms with Crippen LogP contribution in [0.2, 0.25) is 0 Å². The zero-order valence-corrected chi connectivity index (χ0v) is 13.2. The SMILES string of the molecule is NC(=O)[C@H](NC(=O)[C@@H]1CCCc2ccccc21)c1ccccc1F. The lowest BCUT2D eigenvalue weighted by Crippen LogP contribution is -2.41. The molecule has 2 aromatic rings. The molecule has 0 bridgehead atoms. The summed E-state index contributed by atoms with van der Waals surface area (Å²) in [5.74, 6) is -1.99. The molecule has 0 aromatic heterocycles. The lowest BCUT2D eigenvalue weighted by atomic mass is 9.82. The van der Waals surface area contributed by atoms with Crippen molar-refractivity contribution in [1.82, 2.24) is 5.32 Å². The first-order valence-corrected chi connectivity index (χ1v) is 8.00. The number of primary amides is 1. The van der Waals surface area contributed by atoms with Gasteiger partial charge in [-0.3, -0.25) is 9.59 Å². The van der Waals surface area contributed by atoms with Crippen LogP contribution < -0.4 is 11.1 Å². The Hall–Kier alpha value is -2.69. The lowest BCUT2D eigenvalue weighted by molar-refractivity contribution is -0.128. The number of nitrogens with two attached hydrogens (primary N) is 1. The Labute approximate surface area is 139 Å². The van der Waals surface area contributed by atoms with Crippen molar-refractivity contribution in [3.63, 3.8) is 0 Å². The molecule has 2 amide bonds. The standard InChI is InChI=1S/C19H19FN2O2/c20-16-11-4-3-9-15(16)17(18(21)23)22-19(24)14-10-5-7-12-6-1-2-8-13(12)14/h1-4,6,8-9,11,14,17H,5,7,10H2,(H2,21,23)(H,22,24)/t14-,17-/m1/s1. The number of hydrogen-bond donors (Lipinski definition) is 2. The highest BCUT2D eigenvalue weighted by Crippen LogP contribution is 2.32. The molecule has 0 aliphatic heterocycles. The molecule has 4 nitrogen and oxygen atoms in total. The van der Waals surface area contributed by atoms with E-state index in [1.165, 1.54) is 18.2 Å². The number of hydrogen-bond acceptors (Lipinski definition) is 2. The monoisotopic (exact) mass is 326 g/mol. The van der Waals surface area contributed by atoms with Gasteiger partial charge in [-0.15, -0.1) is 0 Å². The van der Waals surface area contributed by atoms with Crippen molar-refractivity contribution in [1.29, 1.82) is 0 Å². The van der Waals surface area contributed by atoms with Crippen molar-refractivity contribution in [3.05, 3.63) is 71.0 Å². The largest absolute Gasteiger partial charge is 0.368 e. The van der Waals surface area contributed by atoms with Gasteiger partial charge in [0, 0.05) is 5.56 Å². The summed E-state index contributed by atoms with van der Waals surface area (Å²) < 4.78 is 14.0. The number of carbonyl (C=O) groups excluding carboxylic acids is 2. The average Bonchev–Trinajstić information content (AvgIpc) is 2.59. The first-order chi connectivity index (χ1) is 11.6. The van der Waals surface area contributed by atoms with E-state index in [4.69, 9.17) is 5.73 Å². The number of rotatable bonds is 4. The Morgan fingerprint density at radius 3 is 2.58 bits per heavy atom. The van der Waals surface area contributed by atoms with Crippen LogP contribution in [0.4, 0.5) is 4.39 Å². The molecule has 3 N–H and O–H groups in total. The number of halogens is 1. The highest BCUT2D eigenvalue weighted by Gasteiger charge is 2.30. The molecule has 1 aliphatic carbocycles. The molecule has 0 unspecified atom stereocenters. The third-order valence-electron chi connectivity index (χ3n) is 4.47. The van der Waals surface area contributed by atoms with E-state index in [-0.39, 0.29) is 17.4 Å². The van der Waals surface area contributed by atoms with Gasteiger partial charge in [-0.1, -0.05) is 42.5 Å². The molecule has 0 fully saturated rings. The van der Waals surface area contributed by atoms with Crippen molar-refractivity contribution < 1.29 is 14.0 Å². The van der Waals surface area contributed by atoms with Crippen LogP contribution in [-0.2, 0) is 16.0 Å². The van der Waals surface area contributed by atoms with Crippen molar-refractivity contribution in [3.8, 4) is 0 Å². The molecular weight excluding hydrogens is 307 g/mol. The molecule has 124 valence electrons. The molecular formula is C19H19FN2O2. The maximum Gasteiger partial charge on any atom is 0.244 e. The van der Waals surface area contributed by atoms with Gasteiger partial charge in [0.05, 0.1) is 5.92 Å². The van der Waals surface area contributed by atoms with Gasteiger partial charge in [0.25, 0.3) is 0 Å². The fourth-order valence-corrected chi connectivity index (χ4v) is 3.28. The van der Waals surface area contributed by atoms with Crippen LogP contribution >= 0.6 is 0 Å². The summed E-state index contributed by atoms with van der Waals surface area (Å²) in [7, 11) is 0. The van der Waals surface area contributed by atoms with Crippen LogP contribution in [0.5, 0.6) is 0 Å². The van der Waals surface area contributed by atoms with E-state index in [1.807, 2.05) is 24.3 Å². The Morgan fingerprint density at radius 2 is 1.83 bits per heavy atom. The normalized spacial score (nSPS) is 17.6. The van der Waals surface area contributed by atoms with Crippen LogP contribution in [0.3, 0.4) is 0 Å². The number of aryl methyl sites for hydroxylation is 1. The summed E-state index contributed by atoms with van der Waals surface area (Å²) in [6.45, 7) is 0. The van der Waals surface area contributed by atoms with Gasteiger partial charge >= 0.3 is 0 Å². The number of amides is 2. The van der Waals surface area contributed by atoms with Gasteiger partial charge in [0.15, 0.2) is 0 Å². The van der Waals surface area contributed by atoms with E-state index in [9.17, 15) is 14.0 Å². The average molecular weight is 326 g/mol. The number of benzene rings is 2. The summed E-state index contributed by atoms with van der Waals surface area (Å²) in [6.07, 6.45) is 2.54. The first-order valence-electron chi connectivity index (χ1n) is 8.00. The second-order valence-electron chi connectivity index (χ2n) is 6.01. The summed E-state index contributed by atoms with van der Waals surface area (Å²) >= 11 is 0. The molecule has 0 saturated carbocycles. The van der Waals surface area contributed by atoms with Crippen molar-refractivity contribution in [2.45, 2.75) is 31.2 Å². The molecule has 0 spiro atoms. The number of fused-ring (bicyclic) bond motifs is 1. The number of carbonyl (C=O) groups is 2. The quantitative estimate of drug-likeness (QED) is 0.906. The van der Waals surface area contributed by atoms with E-state index >= 15 is 0 Å². The van der Waals surface area contributed by atoms with E-state index in [0.717, 1.165) is 24.0 Å². The predicted molar refractivity (Wildman–Crippen MR) is 88.6 cm³/mol. The van der Waals surface area contributed by atoms with Gasteiger partial charge in [-0.2, -0.15) is 0 Å². The van der Waals surface area contributed by atoms with Gasteiger partial charge in [0.2, 0.25) is 11.8 Å². The Kier molecular flexibility index (Phi) is 4.60. The summed E-state index contributed by atoms with van der Waals surface area (Å²) in [5, 5.41) is 2.63. The second-order valence-corrected chi connectivity index (χ2v) is 6.01. The maximum atomic E-state index is 14.0. The molecule has 0 saturated heterocycles. The lowest BCUT2D eigenvalue weighted by Gasteiger charge is -2.26. The van der Waals surface area contributed by atoms with Crippen LogP contribution in [-0.4, -0.2) is 11.8 Å².